The monoisotopic (exact) mass is 534 g/mol. The van der Waals surface area contributed by atoms with Crippen LogP contribution in [0.15, 0.2) is 72.1 Å². The van der Waals surface area contributed by atoms with Gasteiger partial charge in [0, 0.05) is 48.1 Å². The molecule has 2 atom stereocenters. The van der Waals surface area contributed by atoms with Crippen molar-refractivity contribution in [1.29, 1.82) is 5.41 Å². The molecule has 0 aliphatic carbocycles. The minimum Gasteiger partial charge on any atom is -0.383 e. The third-order valence-corrected chi connectivity index (χ3v) is 7.77. The number of benzene rings is 1. The molecule has 0 amide bonds. The van der Waals surface area contributed by atoms with Crippen LogP contribution in [0.25, 0.3) is 28.0 Å². The molecular formula is C29H30N10O. The predicted octanol–water partition coefficient (Wildman–Crippen LogP) is 3.37. The number of aliphatic imine (C=N–C) groups is 1. The second-order valence-electron chi connectivity index (χ2n) is 10.1. The van der Waals surface area contributed by atoms with Gasteiger partial charge in [-0.25, -0.2) is 9.98 Å². The van der Waals surface area contributed by atoms with Crippen LogP contribution >= 0.6 is 0 Å². The number of nitrogens with zero attached hydrogens (tertiary/aromatic N) is 7. The van der Waals surface area contributed by atoms with E-state index in [4.69, 9.17) is 21.9 Å². The zero-order valence-electron chi connectivity index (χ0n) is 22.2. The number of nitrogen functional groups attached to an aromatic ring is 1. The van der Waals surface area contributed by atoms with Gasteiger partial charge >= 0.3 is 0 Å². The maximum atomic E-state index is 12.9. The number of hydrogen-bond acceptors (Lipinski definition) is 8. The number of rotatable bonds is 7. The second-order valence-corrected chi connectivity index (χ2v) is 10.1. The summed E-state index contributed by atoms with van der Waals surface area (Å²) < 4.78 is 1.54. The van der Waals surface area contributed by atoms with Crippen LogP contribution in [0.3, 0.4) is 0 Å². The standard InChI is InChI=1S/C29H30N10O/c1-17(26(31)34-16-30)37-14-21-9-10-22(15-37)38(21)29-25(18(2)40)27(32)39-28(36-29)23(13-35-39)20-8-11-24(33-12-20)19-6-4-3-5-7-19/h3-8,11-13,16,21-22H,1,9-10,14-15,32H2,2H3,(H3,30,31,34). The molecule has 0 spiro atoms. The molecule has 5 heterocycles. The molecule has 5 N–H and O–H groups in total. The van der Waals surface area contributed by atoms with E-state index in [2.05, 4.69) is 31.5 Å². The summed E-state index contributed by atoms with van der Waals surface area (Å²) in [6, 6.07) is 14.1. The summed E-state index contributed by atoms with van der Waals surface area (Å²) in [5.41, 5.74) is 17.7. The predicted molar refractivity (Wildman–Crippen MR) is 156 cm³/mol. The van der Waals surface area contributed by atoms with Crippen LogP contribution in [0.1, 0.15) is 30.1 Å². The quantitative estimate of drug-likeness (QED) is 0.185. The first-order valence-corrected chi connectivity index (χ1v) is 13.1. The Labute approximate surface area is 231 Å². The number of fused-ring (bicyclic) bond motifs is 3. The fourth-order valence-corrected chi connectivity index (χ4v) is 5.84. The van der Waals surface area contributed by atoms with Crippen molar-refractivity contribution in [2.45, 2.75) is 31.8 Å². The number of likely N-dealkylation sites (tertiary alicyclic amines) is 1. The summed E-state index contributed by atoms with van der Waals surface area (Å²) in [4.78, 5) is 30.8. The maximum absolute atomic E-state index is 12.9. The fourth-order valence-electron chi connectivity index (χ4n) is 5.84. The van der Waals surface area contributed by atoms with Gasteiger partial charge in [-0.2, -0.15) is 9.61 Å². The molecule has 11 nitrogen and oxygen atoms in total. The zero-order chi connectivity index (χ0) is 28.0. The van der Waals surface area contributed by atoms with Crippen LogP contribution in [-0.4, -0.2) is 67.6 Å². The molecule has 4 aromatic rings. The molecule has 2 saturated heterocycles. The minimum atomic E-state index is -0.165. The van der Waals surface area contributed by atoms with E-state index in [1.807, 2.05) is 48.7 Å². The number of nitrogens with two attached hydrogens (primary N) is 2. The molecule has 6 rings (SSSR count). The van der Waals surface area contributed by atoms with Crippen molar-refractivity contribution in [3.63, 3.8) is 0 Å². The summed E-state index contributed by atoms with van der Waals surface area (Å²) in [5.74, 6) is 0.904. The average molecular weight is 535 g/mol. The Bertz CT molecular complexity index is 1640. The van der Waals surface area contributed by atoms with Crippen LogP contribution in [0.4, 0.5) is 11.6 Å². The molecule has 202 valence electrons. The Hall–Kier alpha value is -5.06. The first-order valence-electron chi connectivity index (χ1n) is 13.1. The van der Waals surface area contributed by atoms with Crippen LogP contribution < -0.4 is 16.4 Å². The Morgan fingerprint density at radius 1 is 1.10 bits per heavy atom. The van der Waals surface area contributed by atoms with E-state index >= 15 is 0 Å². The van der Waals surface area contributed by atoms with Crippen LogP contribution in [0.5, 0.6) is 0 Å². The van der Waals surface area contributed by atoms with Gasteiger partial charge in [0.05, 0.1) is 17.6 Å². The Morgan fingerprint density at radius 2 is 1.82 bits per heavy atom. The molecule has 2 aliphatic rings. The lowest BCUT2D eigenvalue weighted by Gasteiger charge is -2.43. The van der Waals surface area contributed by atoms with Gasteiger partial charge < -0.3 is 21.3 Å². The van der Waals surface area contributed by atoms with Crippen molar-refractivity contribution < 1.29 is 4.79 Å². The lowest BCUT2D eigenvalue weighted by atomic mass is 10.1. The highest BCUT2D eigenvalue weighted by molar-refractivity contribution is 6.04. The van der Waals surface area contributed by atoms with Crippen molar-refractivity contribution in [3.05, 3.63) is 72.7 Å². The number of carbonyl (C=O) groups is 1. The van der Waals surface area contributed by atoms with Crippen molar-refractivity contribution in [2.75, 3.05) is 23.7 Å². The van der Waals surface area contributed by atoms with E-state index in [1.54, 1.807) is 6.20 Å². The van der Waals surface area contributed by atoms with E-state index < -0.39 is 0 Å². The summed E-state index contributed by atoms with van der Waals surface area (Å²) in [6.07, 6.45) is 6.30. The molecule has 2 unspecified atom stereocenters. The minimum absolute atomic E-state index is 0.0777. The smallest absolute Gasteiger partial charge is 0.167 e. The fraction of sp³-hybridized carbons (Fsp3) is 0.241. The van der Waals surface area contributed by atoms with Crippen LogP contribution in [0.2, 0.25) is 0 Å². The normalized spacial score (nSPS) is 18.8. The highest BCUT2D eigenvalue weighted by Gasteiger charge is 2.43. The topological polar surface area (TPSA) is 155 Å². The van der Waals surface area contributed by atoms with Crippen molar-refractivity contribution in [1.82, 2.24) is 24.5 Å². The van der Waals surface area contributed by atoms with Crippen LogP contribution in [0, 0.1) is 5.41 Å². The third-order valence-electron chi connectivity index (χ3n) is 7.77. The SMILES string of the molecule is C=C(C(N)=NC=N)N1CC2CCC(C1)N2c1nc2c(-c3ccc(-c4ccccc4)nc3)cnn2c(N)c1C(C)=O. The third kappa shape index (κ3) is 4.15. The number of aromatic nitrogens is 4. The Morgan fingerprint density at radius 3 is 2.45 bits per heavy atom. The lowest BCUT2D eigenvalue weighted by Crippen LogP contribution is -2.55. The number of pyridine rings is 1. The van der Waals surface area contributed by atoms with E-state index in [0.29, 0.717) is 35.8 Å². The number of Topliss-reactive ketones (excluding diaryl/α,β-unsaturated/α-hetero) is 1. The number of hydrogen-bond donors (Lipinski definition) is 3. The Balaban J connectivity index is 1.40. The summed E-state index contributed by atoms with van der Waals surface area (Å²) >= 11 is 0. The summed E-state index contributed by atoms with van der Waals surface area (Å²) in [5, 5.41) is 11.7. The molecule has 40 heavy (non-hydrogen) atoms. The highest BCUT2D eigenvalue weighted by atomic mass is 16.1. The number of ketones is 1. The first kappa shape index (κ1) is 25.2. The second kappa shape index (κ2) is 9.92. The van der Waals surface area contributed by atoms with Gasteiger partial charge in [0.15, 0.2) is 11.4 Å². The number of anilines is 2. The van der Waals surface area contributed by atoms with E-state index in [0.717, 1.165) is 41.6 Å². The highest BCUT2D eigenvalue weighted by Crippen LogP contribution is 2.39. The number of piperazine rings is 1. The molecule has 2 aliphatic heterocycles. The maximum Gasteiger partial charge on any atom is 0.167 e. The molecule has 2 fully saturated rings. The average Bonchev–Trinajstić information content (AvgIpc) is 3.50. The molecule has 2 bridgehead atoms. The molecule has 0 radical (unpaired) electrons. The summed E-state index contributed by atoms with van der Waals surface area (Å²) in [7, 11) is 0. The van der Waals surface area contributed by atoms with Gasteiger partial charge in [0.1, 0.15) is 29.4 Å². The Kier molecular flexibility index (Phi) is 6.25. The molecule has 0 saturated carbocycles. The van der Waals surface area contributed by atoms with Crippen LogP contribution in [-0.2, 0) is 0 Å². The largest absolute Gasteiger partial charge is 0.383 e. The molecule has 11 heteroatoms. The van der Waals surface area contributed by atoms with Gasteiger partial charge in [0.2, 0.25) is 0 Å². The van der Waals surface area contributed by atoms with Crippen molar-refractivity contribution >= 4 is 35.2 Å². The number of amidine groups is 1. The van der Waals surface area contributed by atoms with Gasteiger partial charge in [-0.3, -0.25) is 15.2 Å². The van der Waals surface area contributed by atoms with Gasteiger partial charge in [-0.15, -0.1) is 0 Å². The number of nitrogens with one attached hydrogen (secondary N) is 1. The van der Waals surface area contributed by atoms with E-state index in [-0.39, 0.29) is 29.5 Å². The molecule has 3 aromatic heterocycles. The molecule has 1 aromatic carbocycles. The van der Waals surface area contributed by atoms with Crippen molar-refractivity contribution in [2.24, 2.45) is 10.7 Å². The van der Waals surface area contributed by atoms with Gasteiger partial charge in [-0.1, -0.05) is 43.0 Å². The van der Waals surface area contributed by atoms with Crippen molar-refractivity contribution in [3.8, 4) is 22.4 Å². The zero-order valence-corrected chi connectivity index (χ0v) is 22.2. The molecular weight excluding hydrogens is 504 g/mol. The summed E-state index contributed by atoms with van der Waals surface area (Å²) in [6.45, 7) is 6.89. The number of carbonyl (C=O) groups excluding carboxylic acids is 1. The van der Waals surface area contributed by atoms with Gasteiger partial charge in [-0.05, 0) is 25.8 Å². The first-order chi connectivity index (χ1) is 19.4. The van der Waals surface area contributed by atoms with E-state index in [1.165, 1.54) is 11.4 Å². The lowest BCUT2D eigenvalue weighted by molar-refractivity contribution is 0.101. The van der Waals surface area contributed by atoms with Gasteiger partial charge in [0.25, 0.3) is 0 Å². The van der Waals surface area contributed by atoms with E-state index in [9.17, 15) is 4.79 Å².